The highest BCUT2D eigenvalue weighted by Crippen LogP contribution is 2.12. The summed E-state index contributed by atoms with van der Waals surface area (Å²) in [6.07, 6.45) is 0.546. The van der Waals surface area contributed by atoms with Crippen molar-refractivity contribution in [2.75, 3.05) is 14.1 Å². The van der Waals surface area contributed by atoms with Crippen molar-refractivity contribution in [2.45, 2.75) is 26.3 Å². The Morgan fingerprint density at radius 2 is 1.75 bits per heavy atom. The second kappa shape index (κ2) is 5.12. The number of aliphatic carboxylic acids is 1. The Balaban J connectivity index is 2.89. The van der Waals surface area contributed by atoms with Crippen LogP contribution in [0.25, 0.3) is 0 Å². The van der Waals surface area contributed by atoms with Crippen LogP contribution in [-0.2, 0) is 11.2 Å². The number of rotatable bonds is 4. The number of hydrogen-bond acceptors (Lipinski definition) is 2. The first-order valence-electron chi connectivity index (χ1n) is 5.36. The molecule has 3 nitrogen and oxygen atoms in total. The predicted octanol–water partition coefficient (Wildman–Crippen LogP) is 1.86. The number of benzene rings is 1. The van der Waals surface area contributed by atoms with Gasteiger partial charge in [-0.25, -0.2) is 0 Å². The summed E-state index contributed by atoms with van der Waals surface area (Å²) in [5.41, 5.74) is 3.44. The second-order valence-electron chi connectivity index (χ2n) is 4.52. The van der Waals surface area contributed by atoms with E-state index >= 15 is 0 Å². The smallest absolute Gasteiger partial charge is 0.321 e. The van der Waals surface area contributed by atoms with Gasteiger partial charge < -0.3 is 5.11 Å². The van der Waals surface area contributed by atoms with Crippen LogP contribution in [0, 0.1) is 13.8 Å². The third-order valence-electron chi connectivity index (χ3n) is 2.62. The van der Waals surface area contributed by atoms with Gasteiger partial charge >= 0.3 is 5.97 Å². The molecule has 0 aliphatic heterocycles. The zero-order chi connectivity index (χ0) is 12.3. The van der Waals surface area contributed by atoms with Crippen LogP contribution in [0.15, 0.2) is 18.2 Å². The Labute approximate surface area is 96.7 Å². The average Bonchev–Trinajstić information content (AvgIpc) is 2.11. The van der Waals surface area contributed by atoms with Crippen molar-refractivity contribution in [3.05, 3.63) is 34.9 Å². The summed E-state index contributed by atoms with van der Waals surface area (Å²) in [7, 11) is 3.59. The molecule has 1 N–H and O–H groups in total. The van der Waals surface area contributed by atoms with Gasteiger partial charge in [0.1, 0.15) is 6.04 Å². The van der Waals surface area contributed by atoms with Crippen molar-refractivity contribution < 1.29 is 9.90 Å². The lowest BCUT2D eigenvalue weighted by molar-refractivity contribution is -0.142. The van der Waals surface area contributed by atoms with E-state index in [2.05, 4.69) is 6.07 Å². The highest BCUT2D eigenvalue weighted by atomic mass is 16.4. The number of aryl methyl sites for hydroxylation is 2. The molecule has 1 rings (SSSR count). The summed E-state index contributed by atoms with van der Waals surface area (Å²) in [6.45, 7) is 4.06. The number of nitrogens with zero attached hydrogens (tertiary/aromatic N) is 1. The lowest BCUT2D eigenvalue weighted by Crippen LogP contribution is -2.37. The molecule has 0 spiro atoms. The quantitative estimate of drug-likeness (QED) is 0.843. The van der Waals surface area contributed by atoms with Gasteiger partial charge in [0.15, 0.2) is 0 Å². The Kier molecular flexibility index (Phi) is 4.07. The Bertz CT molecular complexity index is 365. The summed E-state index contributed by atoms with van der Waals surface area (Å²) < 4.78 is 0. The molecule has 16 heavy (non-hydrogen) atoms. The maximum atomic E-state index is 11.1. The molecule has 1 aromatic carbocycles. The number of carboxylic acid groups (broad SMARTS) is 1. The van der Waals surface area contributed by atoms with Gasteiger partial charge in [0, 0.05) is 0 Å². The lowest BCUT2D eigenvalue weighted by atomic mass is 10.0. The Hall–Kier alpha value is -1.35. The van der Waals surface area contributed by atoms with E-state index < -0.39 is 12.0 Å². The van der Waals surface area contributed by atoms with Crippen molar-refractivity contribution in [3.63, 3.8) is 0 Å². The van der Waals surface area contributed by atoms with Gasteiger partial charge in [-0.3, -0.25) is 9.69 Å². The normalized spacial score (nSPS) is 12.8. The molecule has 1 aromatic rings. The fourth-order valence-corrected chi connectivity index (χ4v) is 1.90. The van der Waals surface area contributed by atoms with Crippen LogP contribution in [0.3, 0.4) is 0 Å². The van der Waals surface area contributed by atoms with Crippen LogP contribution >= 0.6 is 0 Å². The van der Waals surface area contributed by atoms with Crippen LogP contribution in [0.4, 0.5) is 0 Å². The SMILES string of the molecule is Cc1cc(C)cc(CC(C(=O)O)N(C)C)c1. The number of hydrogen-bond donors (Lipinski definition) is 1. The van der Waals surface area contributed by atoms with E-state index in [1.165, 1.54) is 11.1 Å². The highest BCUT2D eigenvalue weighted by Gasteiger charge is 2.20. The van der Waals surface area contributed by atoms with E-state index in [4.69, 9.17) is 5.11 Å². The first kappa shape index (κ1) is 12.7. The predicted molar refractivity (Wildman–Crippen MR) is 64.7 cm³/mol. The van der Waals surface area contributed by atoms with Crippen LogP contribution in [-0.4, -0.2) is 36.1 Å². The van der Waals surface area contributed by atoms with Crippen LogP contribution in [0.2, 0.25) is 0 Å². The molecule has 0 saturated heterocycles. The molecule has 0 aromatic heterocycles. The van der Waals surface area contributed by atoms with Gasteiger partial charge in [-0.1, -0.05) is 29.3 Å². The molecule has 0 amide bonds. The summed E-state index contributed by atoms with van der Waals surface area (Å²) >= 11 is 0. The van der Waals surface area contributed by atoms with E-state index in [1.807, 2.05) is 26.0 Å². The highest BCUT2D eigenvalue weighted by molar-refractivity contribution is 5.73. The number of carbonyl (C=O) groups is 1. The van der Waals surface area contributed by atoms with Crippen molar-refractivity contribution in [1.29, 1.82) is 0 Å². The van der Waals surface area contributed by atoms with Gasteiger partial charge in [-0.2, -0.15) is 0 Å². The number of carboxylic acids is 1. The van der Waals surface area contributed by atoms with E-state index in [0.717, 1.165) is 5.56 Å². The van der Waals surface area contributed by atoms with Crippen LogP contribution in [0.1, 0.15) is 16.7 Å². The molecular weight excluding hydrogens is 202 g/mol. The fourth-order valence-electron chi connectivity index (χ4n) is 1.90. The topological polar surface area (TPSA) is 40.5 Å². The minimum absolute atomic E-state index is 0.457. The molecular formula is C13H19NO2. The average molecular weight is 221 g/mol. The minimum atomic E-state index is -0.774. The minimum Gasteiger partial charge on any atom is -0.480 e. The monoisotopic (exact) mass is 221 g/mol. The molecule has 0 aliphatic rings. The zero-order valence-corrected chi connectivity index (χ0v) is 10.3. The third-order valence-corrected chi connectivity index (χ3v) is 2.62. The van der Waals surface area contributed by atoms with E-state index in [-0.39, 0.29) is 0 Å². The van der Waals surface area contributed by atoms with Crippen LogP contribution in [0.5, 0.6) is 0 Å². The molecule has 1 atom stereocenters. The standard InChI is InChI=1S/C13H19NO2/c1-9-5-10(2)7-11(6-9)8-12(13(15)16)14(3)4/h5-7,12H,8H2,1-4H3,(H,15,16). The molecule has 88 valence electrons. The maximum Gasteiger partial charge on any atom is 0.321 e. The number of likely N-dealkylation sites (N-methyl/N-ethyl adjacent to an activating group) is 1. The molecule has 0 fully saturated rings. The zero-order valence-electron chi connectivity index (χ0n) is 10.3. The van der Waals surface area contributed by atoms with E-state index in [1.54, 1.807) is 19.0 Å². The molecule has 0 saturated carbocycles. The van der Waals surface area contributed by atoms with Crippen molar-refractivity contribution in [2.24, 2.45) is 0 Å². The van der Waals surface area contributed by atoms with Gasteiger partial charge in [-0.05, 0) is 39.9 Å². The van der Waals surface area contributed by atoms with Gasteiger partial charge in [0.25, 0.3) is 0 Å². The summed E-state index contributed by atoms with van der Waals surface area (Å²) in [6, 6.07) is 5.73. The Morgan fingerprint density at radius 3 is 2.12 bits per heavy atom. The molecule has 1 unspecified atom stereocenters. The molecule has 0 heterocycles. The van der Waals surface area contributed by atoms with Gasteiger partial charge in [0.05, 0.1) is 0 Å². The molecule has 0 radical (unpaired) electrons. The fraction of sp³-hybridized carbons (Fsp3) is 0.462. The summed E-state index contributed by atoms with van der Waals surface area (Å²) in [4.78, 5) is 12.8. The van der Waals surface area contributed by atoms with Crippen molar-refractivity contribution in [1.82, 2.24) is 4.90 Å². The van der Waals surface area contributed by atoms with E-state index in [0.29, 0.717) is 6.42 Å². The van der Waals surface area contributed by atoms with Gasteiger partial charge in [0.2, 0.25) is 0 Å². The van der Waals surface area contributed by atoms with Crippen molar-refractivity contribution in [3.8, 4) is 0 Å². The molecule has 0 aliphatic carbocycles. The summed E-state index contributed by atoms with van der Waals surface area (Å²) in [5, 5.41) is 9.10. The molecule has 3 heteroatoms. The largest absolute Gasteiger partial charge is 0.480 e. The van der Waals surface area contributed by atoms with Gasteiger partial charge in [-0.15, -0.1) is 0 Å². The summed E-state index contributed by atoms with van der Waals surface area (Å²) in [5.74, 6) is -0.774. The first-order chi connectivity index (χ1) is 7.40. The Morgan fingerprint density at radius 1 is 1.25 bits per heavy atom. The molecule has 0 bridgehead atoms. The maximum absolute atomic E-state index is 11.1. The van der Waals surface area contributed by atoms with E-state index in [9.17, 15) is 4.79 Å². The lowest BCUT2D eigenvalue weighted by Gasteiger charge is -2.20. The second-order valence-corrected chi connectivity index (χ2v) is 4.52. The van der Waals surface area contributed by atoms with Crippen LogP contribution < -0.4 is 0 Å². The van der Waals surface area contributed by atoms with Crippen molar-refractivity contribution >= 4 is 5.97 Å². The third kappa shape index (κ3) is 3.35. The first-order valence-corrected chi connectivity index (χ1v) is 5.36.